The number of nitrogen functional groups attached to an aromatic ring is 1. The van der Waals surface area contributed by atoms with Gasteiger partial charge in [0.05, 0.1) is 10.2 Å². The number of nitrogens with zero attached hydrogens (tertiary/aromatic N) is 1. The van der Waals surface area contributed by atoms with E-state index in [9.17, 15) is 17.2 Å². The molecule has 0 amide bonds. The molecular formula is C13H11BrF2N2O2S. The van der Waals surface area contributed by atoms with Gasteiger partial charge in [-0.1, -0.05) is 6.07 Å². The quantitative estimate of drug-likeness (QED) is 0.836. The Bertz CT molecular complexity index is 797. The fourth-order valence-electron chi connectivity index (χ4n) is 1.73. The van der Waals surface area contributed by atoms with Gasteiger partial charge in [-0.3, -0.25) is 4.31 Å². The van der Waals surface area contributed by atoms with Crippen LogP contribution in [-0.2, 0) is 10.0 Å². The van der Waals surface area contributed by atoms with Gasteiger partial charge in [0.1, 0.15) is 10.7 Å². The Kier molecular flexibility index (Phi) is 4.20. The summed E-state index contributed by atoms with van der Waals surface area (Å²) in [6.07, 6.45) is 0. The molecule has 2 rings (SSSR count). The van der Waals surface area contributed by atoms with E-state index in [4.69, 9.17) is 5.73 Å². The fourth-order valence-corrected chi connectivity index (χ4v) is 3.65. The first-order valence-corrected chi connectivity index (χ1v) is 7.96. The summed E-state index contributed by atoms with van der Waals surface area (Å²) in [4.78, 5) is -0.582. The number of rotatable bonds is 3. The van der Waals surface area contributed by atoms with Crippen molar-refractivity contribution >= 4 is 37.3 Å². The number of hydrogen-bond donors (Lipinski definition) is 1. The van der Waals surface area contributed by atoms with Crippen molar-refractivity contribution in [1.82, 2.24) is 0 Å². The molecule has 0 atom stereocenters. The van der Waals surface area contributed by atoms with E-state index >= 15 is 0 Å². The normalized spacial score (nSPS) is 11.4. The van der Waals surface area contributed by atoms with Gasteiger partial charge in [-0.15, -0.1) is 0 Å². The number of benzene rings is 2. The van der Waals surface area contributed by atoms with Gasteiger partial charge in [0.15, 0.2) is 5.82 Å². The lowest BCUT2D eigenvalue weighted by molar-refractivity contribution is 0.562. The summed E-state index contributed by atoms with van der Waals surface area (Å²) in [6.45, 7) is 0. The number of halogens is 3. The molecule has 0 heterocycles. The number of anilines is 2. The third-order valence-electron chi connectivity index (χ3n) is 2.83. The third kappa shape index (κ3) is 3.01. The van der Waals surface area contributed by atoms with E-state index in [2.05, 4.69) is 15.9 Å². The van der Waals surface area contributed by atoms with Crippen molar-refractivity contribution in [2.24, 2.45) is 0 Å². The Morgan fingerprint density at radius 1 is 1.19 bits per heavy atom. The average molecular weight is 377 g/mol. The van der Waals surface area contributed by atoms with E-state index in [-0.39, 0.29) is 15.8 Å². The minimum Gasteiger partial charge on any atom is -0.399 e. The molecule has 0 aromatic heterocycles. The Labute approximate surface area is 129 Å². The van der Waals surface area contributed by atoms with Gasteiger partial charge in [0, 0.05) is 12.7 Å². The van der Waals surface area contributed by atoms with Crippen molar-refractivity contribution in [2.45, 2.75) is 4.90 Å². The molecule has 0 saturated heterocycles. The van der Waals surface area contributed by atoms with Crippen LogP contribution in [0.4, 0.5) is 20.2 Å². The maximum absolute atomic E-state index is 14.1. The lowest BCUT2D eigenvalue weighted by Crippen LogP contribution is -2.27. The molecule has 112 valence electrons. The third-order valence-corrected chi connectivity index (χ3v) is 5.19. The van der Waals surface area contributed by atoms with Gasteiger partial charge in [0.25, 0.3) is 10.0 Å². The Balaban J connectivity index is 2.57. The van der Waals surface area contributed by atoms with Crippen LogP contribution >= 0.6 is 15.9 Å². The lowest BCUT2D eigenvalue weighted by Gasteiger charge is -2.20. The maximum Gasteiger partial charge on any atom is 0.267 e. The first-order chi connectivity index (χ1) is 9.73. The van der Waals surface area contributed by atoms with E-state index in [1.165, 1.54) is 31.3 Å². The second kappa shape index (κ2) is 5.61. The summed E-state index contributed by atoms with van der Waals surface area (Å²) in [5.41, 5.74) is 5.72. The van der Waals surface area contributed by atoms with Crippen LogP contribution in [0.5, 0.6) is 0 Å². The van der Waals surface area contributed by atoms with Gasteiger partial charge < -0.3 is 5.73 Å². The summed E-state index contributed by atoms with van der Waals surface area (Å²) in [7, 11) is -2.99. The standard InChI is InChI=1S/C13H11BrF2N2O2S/c1-18(10-4-2-3-8(15)5-10)21(19,20)12-7-9(17)6-11(14)13(12)16/h2-7H,17H2,1H3. The summed E-state index contributed by atoms with van der Waals surface area (Å²) in [5.74, 6) is -1.55. The van der Waals surface area contributed by atoms with Crippen LogP contribution in [0.15, 0.2) is 45.8 Å². The topological polar surface area (TPSA) is 63.4 Å². The Morgan fingerprint density at radius 3 is 2.48 bits per heavy atom. The Morgan fingerprint density at radius 2 is 1.86 bits per heavy atom. The van der Waals surface area contributed by atoms with E-state index in [1.54, 1.807) is 0 Å². The molecule has 21 heavy (non-hydrogen) atoms. The SMILES string of the molecule is CN(c1cccc(F)c1)S(=O)(=O)c1cc(N)cc(Br)c1F. The molecule has 2 N–H and O–H groups in total. The minimum atomic E-state index is -4.20. The first-order valence-electron chi connectivity index (χ1n) is 5.72. The number of hydrogen-bond acceptors (Lipinski definition) is 3. The van der Waals surface area contributed by atoms with Gasteiger partial charge in [-0.2, -0.15) is 0 Å². The first kappa shape index (κ1) is 15.7. The molecule has 0 aliphatic rings. The molecule has 0 unspecified atom stereocenters. The monoisotopic (exact) mass is 376 g/mol. The molecule has 2 aromatic rings. The van der Waals surface area contributed by atoms with Crippen molar-refractivity contribution in [2.75, 3.05) is 17.1 Å². The molecule has 2 aromatic carbocycles. The lowest BCUT2D eigenvalue weighted by atomic mass is 10.3. The predicted octanol–water partition coefficient (Wildman–Crippen LogP) is 3.13. The van der Waals surface area contributed by atoms with E-state index in [0.29, 0.717) is 0 Å². The Hall–Kier alpha value is -1.67. The largest absolute Gasteiger partial charge is 0.399 e. The van der Waals surface area contributed by atoms with Crippen LogP contribution in [0.1, 0.15) is 0 Å². The highest BCUT2D eigenvalue weighted by Gasteiger charge is 2.27. The second-order valence-electron chi connectivity index (χ2n) is 4.27. The molecule has 0 bridgehead atoms. The molecule has 4 nitrogen and oxygen atoms in total. The predicted molar refractivity (Wildman–Crippen MR) is 80.5 cm³/mol. The highest BCUT2D eigenvalue weighted by atomic mass is 79.9. The zero-order valence-electron chi connectivity index (χ0n) is 10.8. The second-order valence-corrected chi connectivity index (χ2v) is 7.06. The highest BCUT2D eigenvalue weighted by molar-refractivity contribution is 9.10. The number of sulfonamides is 1. The van der Waals surface area contributed by atoms with Crippen LogP contribution in [0.25, 0.3) is 0 Å². The number of nitrogens with two attached hydrogens (primary N) is 1. The van der Waals surface area contributed by atoms with Crippen molar-refractivity contribution in [3.05, 3.63) is 52.5 Å². The molecule has 0 spiro atoms. The molecular weight excluding hydrogens is 366 g/mol. The van der Waals surface area contributed by atoms with Gasteiger partial charge in [-0.05, 0) is 46.3 Å². The fraction of sp³-hybridized carbons (Fsp3) is 0.0769. The summed E-state index contributed by atoms with van der Waals surface area (Å²) < 4.78 is 52.9. The molecule has 0 aliphatic heterocycles. The summed E-state index contributed by atoms with van der Waals surface area (Å²) in [5, 5.41) is 0. The summed E-state index contributed by atoms with van der Waals surface area (Å²) >= 11 is 2.91. The average Bonchev–Trinajstić information content (AvgIpc) is 2.41. The van der Waals surface area contributed by atoms with Crippen molar-refractivity contribution in [1.29, 1.82) is 0 Å². The van der Waals surface area contributed by atoms with Crippen LogP contribution in [0.2, 0.25) is 0 Å². The van der Waals surface area contributed by atoms with Crippen LogP contribution < -0.4 is 10.0 Å². The highest BCUT2D eigenvalue weighted by Crippen LogP contribution is 2.30. The van der Waals surface area contributed by atoms with E-state index in [0.717, 1.165) is 16.4 Å². The van der Waals surface area contributed by atoms with Crippen LogP contribution in [0, 0.1) is 11.6 Å². The maximum atomic E-state index is 14.1. The van der Waals surface area contributed by atoms with Gasteiger partial charge in [0.2, 0.25) is 0 Å². The van der Waals surface area contributed by atoms with Gasteiger partial charge >= 0.3 is 0 Å². The zero-order chi connectivity index (χ0) is 15.8. The van der Waals surface area contributed by atoms with Crippen LogP contribution in [-0.4, -0.2) is 15.5 Å². The zero-order valence-corrected chi connectivity index (χ0v) is 13.2. The minimum absolute atomic E-state index is 0.0614. The smallest absolute Gasteiger partial charge is 0.267 e. The molecule has 0 fully saturated rings. The van der Waals surface area contributed by atoms with Crippen molar-refractivity contribution < 1.29 is 17.2 Å². The van der Waals surface area contributed by atoms with Crippen LogP contribution in [0.3, 0.4) is 0 Å². The molecule has 0 aliphatic carbocycles. The van der Waals surface area contributed by atoms with Gasteiger partial charge in [-0.25, -0.2) is 17.2 Å². The van der Waals surface area contributed by atoms with Crippen molar-refractivity contribution in [3.8, 4) is 0 Å². The van der Waals surface area contributed by atoms with E-state index < -0.39 is 26.6 Å². The molecule has 0 saturated carbocycles. The molecule has 0 radical (unpaired) electrons. The molecule has 8 heteroatoms. The van der Waals surface area contributed by atoms with E-state index in [1.807, 2.05) is 0 Å². The summed E-state index contributed by atoms with van der Waals surface area (Å²) in [6, 6.07) is 7.27. The van der Waals surface area contributed by atoms with Crippen molar-refractivity contribution in [3.63, 3.8) is 0 Å².